The molecule has 1 atom stereocenters. The molecule has 6 heteroatoms. The van der Waals surface area contributed by atoms with Crippen molar-refractivity contribution in [3.63, 3.8) is 0 Å². The number of alkyl carbamates (subject to hydrolysis) is 1. The first kappa shape index (κ1) is 18.8. The van der Waals surface area contributed by atoms with E-state index in [9.17, 15) is 9.59 Å². The summed E-state index contributed by atoms with van der Waals surface area (Å²) in [7, 11) is 0. The summed E-state index contributed by atoms with van der Waals surface area (Å²) in [6, 6.07) is 7.99. The van der Waals surface area contributed by atoms with Crippen LogP contribution in [-0.4, -0.2) is 23.6 Å². The number of hydrogen-bond donors (Lipinski definition) is 2. The van der Waals surface area contributed by atoms with Crippen molar-refractivity contribution in [2.75, 3.05) is 5.32 Å². The van der Waals surface area contributed by atoms with Gasteiger partial charge in [-0.3, -0.25) is 4.79 Å². The predicted octanol–water partition coefficient (Wildman–Crippen LogP) is 3.58. The summed E-state index contributed by atoms with van der Waals surface area (Å²) in [5.41, 5.74) is 0.496. The molecule has 0 unspecified atom stereocenters. The number of nitrogens with zero attached hydrogens (tertiary/aromatic N) is 1. The van der Waals surface area contributed by atoms with Crippen LogP contribution < -0.4 is 10.6 Å². The maximum atomic E-state index is 12.6. The highest BCUT2D eigenvalue weighted by Crippen LogP contribution is 2.34. The van der Waals surface area contributed by atoms with Crippen LogP contribution >= 0.6 is 0 Å². The Kier molecular flexibility index (Phi) is 6.02. The Labute approximate surface area is 148 Å². The second-order valence-corrected chi connectivity index (χ2v) is 7.40. The quantitative estimate of drug-likeness (QED) is 0.826. The maximum Gasteiger partial charge on any atom is 0.408 e. The Morgan fingerprint density at radius 2 is 1.92 bits per heavy atom. The fourth-order valence-electron chi connectivity index (χ4n) is 2.38. The van der Waals surface area contributed by atoms with Gasteiger partial charge in [-0.1, -0.05) is 12.8 Å². The lowest BCUT2D eigenvalue weighted by Crippen LogP contribution is -2.45. The molecule has 2 N–H and O–H groups in total. The van der Waals surface area contributed by atoms with Crippen LogP contribution in [0.3, 0.4) is 0 Å². The zero-order valence-electron chi connectivity index (χ0n) is 15.0. The minimum absolute atomic E-state index is 0.281. The highest BCUT2D eigenvalue weighted by molar-refractivity contribution is 5.96. The summed E-state index contributed by atoms with van der Waals surface area (Å²) in [4.78, 5) is 24.6. The van der Waals surface area contributed by atoms with Crippen LogP contribution in [0.4, 0.5) is 10.5 Å². The molecule has 1 aromatic rings. The van der Waals surface area contributed by atoms with Gasteiger partial charge in [0.25, 0.3) is 0 Å². The van der Waals surface area contributed by atoms with Crippen LogP contribution in [0.5, 0.6) is 0 Å². The molecule has 0 aromatic heterocycles. The lowest BCUT2D eigenvalue weighted by molar-refractivity contribution is -0.118. The standard InChI is InChI=1S/C19H25N3O3/c1-19(2,3)25-18(24)22-16(11-8-13-4-5-13)17(23)21-15-9-6-14(12-20)7-10-15/h6-7,9-10,13,16H,4-5,8,11H2,1-3H3,(H,21,23)(H,22,24)/t16-/m0/s1. The number of amides is 2. The number of hydrogen-bond acceptors (Lipinski definition) is 4. The van der Waals surface area contributed by atoms with E-state index in [-0.39, 0.29) is 5.91 Å². The van der Waals surface area contributed by atoms with E-state index in [1.165, 1.54) is 12.8 Å². The van der Waals surface area contributed by atoms with Crippen molar-refractivity contribution in [3.05, 3.63) is 29.8 Å². The van der Waals surface area contributed by atoms with Crippen molar-refractivity contribution in [1.29, 1.82) is 5.26 Å². The number of carbonyl (C=O) groups excluding carboxylic acids is 2. The van der Waals surface area contributed by atoms with E-state index in [0.717, 1.165) is 6.42 Å². The number of benzene rings is 1. The van der Waals surface area contributed by atoms with Gasteiger partial charge in [0, 0.05) is 5.69 Å². The first-order valence-electron chi connectivity index (χ1n) is 8.57. The van der Waals surface area contributed by atoms with Crippen LogP contribution in [0, 0.1) is 17.2 Å². The van der Waals surface area contributed by atoms with Gasteiger partial charge >= 0.3 is 6.09 Å². The van der Waals surface area contributed by atoms with Crippen molar-refractivity contribution in [2.24, 2.45) is 5.92 Å². The van der Waals surface area contributed by atoms with E-state index >= 15 is 0 Å². The van der Waals surface area contributed by atoms with Crippen LogP contribution in [0.2, 0.25) is 0 Å². The number of ether oxygens (including phenoxy) is 1. The molecule has 6 nitrogen and oxygen atoms in total. The number of carbonyl (C=O) groups is 2. The third kappa shape index (κ3) is 6.84. The van der Waals surface area contributed by atoms with Crippen LogP contribution in [-0.2, 0) is 9.53 Å². The molecular weight excluding hydrogens is 318 g/mol. The molecule has 1 aliphatic rings. The molecule has 2 amide bonds. The van der Waals surface area contributed by atoms with E-state index < -0.39 is 17.7 Å². The molecule has 0 heterocycles. The smallest absolute Gasteiger partial charge is 0.408 e. The third-order valence-corrected chi connectivity index (χ3v) is 3.85. The Balaban J connectivity index is 1.97. The molecule has 0 aliphatic heterocycles. The van der Waals surface area contributed by atoms with Crippen molar-refractivity contribution in [2.45, 2.75) is 58.1 Å². The number of anilines is 1. The van der Waals surface area contributed by atoms with Gasteiger partial charge in [-0.05, 0) is 63.8 Å². The number of nitrogens with one attached hydrogen (secondary N) is 2. The maximum absolute atomic E-state index is 12.6. The molecule has 1 saturated carbocycles. The van der Waals surface area contributed by atoms with E-state index in [4.69, 9.17) is 10.00 Å². The second-order valence-electron chi connectivity index (χ2n) is 7.40. The summed E-state index contributed by atoms with van der Waals surface area (Å²) in [6.45, 7) is 5.34. The normalized spacial score (nSPS) is 15.0. The van der Waals surface area contributed by atoms with Gasteiger partial charge in [0.2, 0.25) is 5.91 Å². The van der Waals surface area contributed by atoms with Gasteiger partial charge < -0.3 is 15.4 Å². The Hall–Kier alpha value is -2.55. The molecule has 0 spiro atoms. The number of rotatable bonds is 6. The zero-order chi connectivity index (χ0) is 18.4. The van der Waals surface area contributed by atoms with E-state index in [0.29, 0.717) is 23.6 Å². The van der Waals surface area contributed by atoms with Crippen LogP contribution in [0.15, 0.2) is 24.3 Å². The molecule has 1 aliphatic carbocycles. The molecule has 1 fully saturated rings. The predicted molar refractivity (Wildman–Crippen MR) is 94.9 cm³/mol. The minimum atomic E-state index is -0.647. The van der Waals surface area contributed by atoms with E-state index in [1.807, 2.05) is 6.07 Å². The van der Waals surface area contributed by atoms with Crippen LogP contribution in [0.1, 0.15) is 52.0 Å². The topological polar surface area (TPSA) is 91.2 Å². The van der Waals surface area contributed by atoms with Crippen molar-refractivity contribution in [1.82, 2.24) is 5.32 Å². The van der Waals surface area contributed by atoms with Gasteiger partial charge in [0.1, 0.15) is 11.6 Å². The fraction of sp³-hybridized carbons (Fsp3) is 0.526. The lowest BCUT2D eigenvalue weighted by atomic mass is 10.1. The zero-order valence-corrected chi connectivity index (χ0v) is 15.0. The van der Waals surface area contributed by atoms with E-state index in [1.54, 1.807) is 45.0 Å². The summed E-state index contributed by atoms with van der Waals surface area (Å²) in [6.07, 6.45) is 3.27. The van der Waals surface area contributed by atoms with Gasteiger partial charge in [-0.25, -0.2) is 4.79 Å². The molecule has 134 valence electrons. The van der Waals surface area contributed by atoms with Crippen molar-refractivity contribution >= 4 is 17.7 Å². The molecule has 2 rings (SSSR count). The van der Waals surface area contributed by atoms with E-state index in [2.05, 4.69) is 10.6 Å². The van der Waals surface area contributed by atoms with Crippen LogP contribution in [0.25, 0.3) is 0 Å². The lowest BCUT2D eigenvalue weighted by Gasteiger charge is -2.23. The first-order valence-corrected chi connectivity index (χ1v) is 8.57. The third-order valence-electron chi connectivity index (χ3n) is 3.85. The average molecular weight is 343 g/mol. The Morgan fingerprint density at radius 3 is 2.44 bits per heavy atom. The SMILES string of the molecule is CC(C)(C)OC(=O)N[C@@H](CCC1CC1)C(=O)Nc1ccc(C#N)cc1. The molecule has 0 saturated heterocycles. The molecule has 1 aromatic carbocycles. The summed E-state index contributed by atoms with van der Waals surface area (Å²) in [5.74, 6) is 0.377. The van der Waals surface area contributed by atoms with Gasteiger partial charge in [-0.15, -0.1) is 0 Å². The first-order chi connectivity index (χ1) is 11.8. The molecule has 0 radical (unpaired) electrons. The monoisotopic (exact) mass is 343 g/mol. The Morgan fingerprint density at radius 1 is 1.28 bits per heavy atom. The molecule has 25 heavy (non-hydrogen) atoms. The van der Waals surface area contributed by atoms with Crippen molar-refractivity contribution in [3.8, 4) is 6.07 Å². The highest BCUT2D eigenvalue weighted by Gasteiger charge is 2.28. The van der Waals surface area contributed by atoms with Gasteiger partial charge in [0.15, 0.2) is 0 Å². The van der Waals surface area contributed by atoms with Crippen molar-refractivity contribution < 1.29 is 14.3 Å². The fourth-order valence-corrected chi connectivity index (χ4v) is 2.38. The minimum Gasteiger partial charge on any atom is -0.444 e. The van der Waals surface area contributed by atoms with Gasteiger partial charge in [0.05, 0.1) is 11.6 Å². The highest BCUT2D eigenvalue weighted by atomic mass is 16.6. The molecule has 0 bridgehead atoms. The number of nitriles is 1. The summed E-state index contributed by atoms with van der Waals surface area (Å²) in [5, 5.41) is 14.3. The average Bonchev–Trinajstić information content (AvgIpc) is 3.34. The molecular formula is C19H25N3O3. The van der Waals surface area contributed by atoms with Gasteiger partial charge in [-0.2, -0.15) is 5.26 Å². The second kappa shape index (κ2) is 8.02. The summed E-state index contributed by atoms with van der Waals surface area (Å²) >= 11 is 0. The summed E-state index contributed by atoms with van der Waals surface area (Å²) < 4.78 is 5.26. The largest absolute Gasteiger partial charge is 0.444 e. The Bertz CT molecular complexity index is 652.